The maximum atomic E-state index is 13.5. The molecule has 2 heterocycles. The monoisotopic (exact) mass is 422 g/mol. The standard InChI is InChI=1S/C24H23FN2O4/c1-24(2)18-6-4-5-7-20(18)27(3)21(24)11-15(28)13-31-23(30)17-12-22(29)26-19-10-14(25)8-9-16(17)19/h4-11,17H,12-13H2,1-3H3,(H,26,29)/b21-11+/t17-/m0/s1. The largest absolute Gasteiger partial charge is 0.457 e. The van der Waals surface area contributed by atoms with Crippen LogP contribution in [0.1, 0.15) is 37.3 Å². The number of esters is 1. The van der Waals surface area contributed by atoms with E-state index in [9.17, 15) is 18.8 Å². The Labute approximate surface area is 179 Å². The molecule has 7 heteroatoms. The van der Waals surface area contributed by atoms with Crippen LogP contribution in [0, 0.1) is 5.82 Å². The number of ether oxygens (including phenoxy) is 1. The van der Waals surface area contributed by atoms with E-state index in [1.807, 2.05) is 50.1 Å². The van der Waals surface area contributed by atoms with Gasteiger partial charge in [-0.2, -0.15) is 0 Å². The summed E-state index contributed by atoms with van der Waals surface area (Å²) < 4.78 is 18.7. The van der Waals surface area contributed by atoms with E-state index in [4.69, 9.17) is 4.74 Å². The molecule has 0 bridgehead atoms. The summed E-state index contributed by atoms with van der Waals surface area (Å²) in [5.74, 6) is -2.83. The van der Waals surface area contributed by atoms with Gasteiger partial charge >= 0.3 is 5.97 Å². The maximum absolute atomic E-state index is 13.5. The van der Waals surface area contributed by atoms with Crippen LogP contribution in [0.25, 0.3) is 0 Å². The SMILES string of the molecule is CN1/C(=C/C(=O)COC(=O)[C@H]2CC(=O)Nc3cc(F)ccc32)C(C)(C)c2ccccc21. The van der Waals surface area contributed by atoms with Gasteiger partial charge in [0.05, 0.1) is 5.92 Å². The van der Waals surface area contributed by atoms with Crippen LogP contribution in [-0.2, 0) is 24.5 Å². The molecular weight excluding hydrogens is 399 g/mol. The Balaban J connectivity index is 1.48. The number of carbonyl (C=O) groups is 3. The third-order valence-electron chi connectivity index (χ3n) is 5.93. The highest BCUT2D eigenvalue weighted by molar-refractivity contribution is 6.01. The summed E-state index contributed by atoms with van der Waals surface area (Å²) in [6.45, 7) is 3.64. The predicted octanol–water partition coefficient (Wildman–Crippen LogP) is 3.68. The molecule has 0 spiro atoms. The molecule has 0 fully saturated rings. The first-order valence-electron chi connectivity index (χ1n) is 10.0. The van der Waals surface area contributed by atoms with Gasteiger partial charge in [-0.15, -0.1) is 0 Å². The first kappa shape index (κ1) is 20.8. The van der Waals surface area contributed by atoms with Gasteiger partial charge in [-0.3, -0.25) is 14.4 Å². The lowest BCUT2D eigenvalue weighted by Crippen LogP contribution is -2.30. The van der Waals surface area contributed by atoms with Crippen LogP contribution in [0.2, 0.25) is 0 Å². The van der Waals surface area contributed by atoms with Crippen molar-refractivity contribution in [1.82, 2.24) is 0 Å². The van der Waals surface area contributed by atoms with Gasteiger partial charge in [0.2, 0.25) is 5.91 Å². The van der Waals surface area contributed by atoms with E-state index in [2.05, 4.69) is 5.32 Å². The molecule has 1 N–H and O–H groups in total. The second-order valence-electron chi connectivity index (χ2n) is 8.34. The first-order valence-corrected chi connectivity index (χ1v) is 10.0. The van der Waals surface area contributed by atoms with Crippen molar-refractivity contribution in [3.8, 4) is 0 Å². The lowest BCUT2D eigenvalue weighted by molar-refractivity contribution is -0.149. The Morgan fingerprint density at radius 2 is 2.00 bits per heavy atom. The van der Waals surface area contributed by atoms with Gasteiger partial charge in [-0.05, 0) is 29.3 Å². The number of para-hydroxylation sites is 1. The van der Waals surface area contributed by atoms with Crippen molar-refractivity contribution in [3.05, 3.63) is 71.2 Å². The smallest absolute Gasteiger partial charge is 0.314 e. The summed E-state index contributed by atoms with van der Waals surface area (Å²) in [6, 6.07) is 11.8. The fourth-order valence-electron chi connectivity index (χ4n) is 4.34. The number of hydrogen-bond donors (Lipinski definition) is 1. The molecule has 0 saturated heterocycles. The van der Waals surface area contributed by atoms with Crippen LogP contribution in [0.4, 0.5) is 15.8 Å². The molecule has 0 radical (unpaired) electrons. The van der Waals surface area contributed by atoms with Crippen molar-refractivity contribution in [3.63, 3.8) is 0 Å². The van der Waals surface area contributed by atoms with E-state index in [1.165, 1.54) is 18.2 Å². The summed E-state index contributed by atoms with van der Waals surface area (Å²) >= 11 is 0. The van der Waals surface area contributed by atoms with Gasteiger partial charge in [0.15, 0.2) is 12.4 Å². The molecule has 0 saturated carbocycles. The molecule has 1 atom stereocenters. The highest BCUT2D eigenvalue weighted by Gasteiger charge is 2.38. The van der Waals surface area contributed by atoms with Crippen LogP contribution in [0.3, 0.4) is 0 Å². The number of fused-ring (bicyclic) bond motifs is 2. The van der Waals surface area contributed by atoms with E-state index in [0.29, 0.717) is 5.56 Å². The lowest BCUT2D eigenvalue weighted by Gasteiger charge is -2.25. The predicted molar refractivity (Wildman–Crippen MR) is 114 cm³/mol. The van der Waals surface area contributed by atoms with Gasteiger partial charge in [-0.1, -0.05) is 38.1 Å². The number of hydrogen-bond acceptors (Lipinski definition) is 5. The number of amides is 1. The highest BCUT2D eigenvalue weighted by Crippen LogP contribution is 2.46. The Bertz CT molecular complexity index is 1120. The van der Waals surface area contributed by atoms with Gasteiger partial charge in [0, 0.05) is 42.0 Å². The molecule has 2 aromatic rings. The minimum Gasteiger partial charge on any atom is -0.457 e. The van der Waals surface area contributed by atoms with Crippen LogP contribution in [-0.4, -0.2) is 31.3 Å². The summed E-state index contributed by atoms with van der Waals surface area (Å²) in [4.78, 5) is 39.1. The summed E-state index contributed by atoms with van der Waals surface area (Å²) in [7, 11) is 1.90. The molecule has 2 aliphatic rings. The van der Waals surface area contributed by atoms with Gasteiger partial charge in [0.1, 0.15) is 5.82 Å². The fourth-order valence-corrected chi connectivity index (χ4v) is 4.34. The minimum atomic E-state index is -0.875. The normalized spacial score (nSPS) is 20.1. The molecule has 0 unspecified atom stereocenters. The van der Waals surface area contributed by atoms with E-state index >= 15 is 0 Å². The number of allylic oxidation sites excluding steroid dienone is 1. The number of anilines is 2. The zero-order valence-electron chi connectivity index (χ0n) is 17.6. The van der Waals surface area contributed by atoms with Crippen molar-refractivity contribution >= 4 is 29.0 Å². The number of carbonyl (C=O) groups excluding carboxylic acids is 3. The zero-order valence-corrected chi connectivity index (χ0v) is 17.6. The van der Waals surface area contributed by atoms with E-state index < -0.39 is 30.2 Å². The average Bonchev–Trinajstić information content (AvgIpc) is 2.92. The van der Waals surface area contributed by atoms with Crippen LogP contribution < -0.4 is 10.2 Å². The summed E-state index contributed by atoms with van der Waals surface area (Å²) in [5, 5.41) is 2.55. The number of likely N-dealkylation sites (N-methyl/N-ethyl adjacent to an activating group) is 1. The van der Waals surface area contributed by atoms with Crippen molar-refractivity contribution in [2.75, 3.05) is 23.9 Å². The van der Waals surface area contributed by atoms with Crippen molar-refractivity contribution in [2.24, 2.45) is 0 Å². The molecule has 160 valence electrons. The molecule has 6 nitrogen and oxygen atoms in total. The second kappa shape index (κ2) is 7.65. The van der Waals surface area contributed by atoms with Crippen LogP contribution >= 0.6 is 0 Å². The first-order chi connectivity index (χ1) is 14.7. The third-order valence-corrected chi connectivity index (χ3v) is 5.93. The third kappa shape index (κ3) is 3.71. The number of nitrogens with one attached hydrogen (secondary N) is 1. The topological polar surface area (TPSA) is 75.7 Å². The number of rotatable bonds is 4. The van der Waals surface area contributed by atoms with Crippen molar-refractivity contribution in [1.29, 1.82) is 0 Å². The Hall–Kier alpha value is -3.48. The maximum Gasteiger partial charge on any atom is 0.314 e. The summed E-state index contributed by atoms with van der Waals surface area (Å²) in [6.07, 6.45) is 1.39. The average molecular weight is 422 g/mol. The van der Waals surface area contributed by atoms with Crippen LogP contribution in [0.5, 0.6) is 0 Å². The molecular formula is C24H23FN2O4. The Morgan fingerprint density at radius 1 is 1.26 bits per heavy atom. The van der Waals surface area contributed by atoms with E-state index in [0.717, 1.165) is 23.0 Å². The van der Waals surface area contributed by atoms with Crippen LogP contribution in [0.15, 0.2) is 54.2 Å². The number of halogens is 1. The van der Waals surface area contributed by atoms with Crippen molar-refractivity contribution in [2.45, 2.75) is 31.6 Å². The number of nitrogens with zero attached hydrogens (tertiary/aromatic N) is 1. The van der Waals surface area contributed by atoms with Gasteiger partial charge in [0.25, 0.3) is 0 Å². The quantitative estimate of drug-likeness (QED) is 0.601. The molecule has 2 aromatic carbocycles. The number of ketones is 1. The molecule has 31 heavy (non-hydrogen) atoms. The van der Waals surface area contributed by atoms with E-state index in [-0.39, 0.29) is 23.3 Å². The minimum absolute atomic E-state index is 0.113. The molecule has 1 amide bonds. The fraction of sp³-hybridized carbons (Fsp3) is 0.292. The molecule has 0 aliphatic carbocycles. The van der Waals surface area contributed by atoms with Gasteiger partial charge < -0.3 is 15.0 Å². The molecule has 2 aliphatic heterocycles. The van der Waals surface area contributed by atoms with E-state index in [1.54, 1.807) is 0 Å². The number of benzene rings is 2. The highest BCUT2D eigenvalue weighted by atomic mass is 19.1. The Kier molecular flexibility index (Phi) is 5.13. The van der Waals surface area contributed by atoms with Crippen molar-refractivity contribution < 1.29 is 23.5 Å². The molecule has 4 rings (SSSR count). The zero-order chi connectivity index (χ0) is 22.3. The summed E-state index contributed by atoms with van der Waals surface area (Å²) in [5.41, 5.74) is 3.32. The molecule has 0 aromatic heterocycles. The van der Waals surface area contributed by atoms with Gasteiger partial charge in [-0.25, -0.2) is 4.39 Å². The Morgan fingerprint density at radius 3 is 2.74 bits per heavy atom. The second-order valence-corrected chi connectivity index (χ2v) is 8.34. The lowest BCUT2D eigenvalue weighted by atomic mass is 9.83.